The van der Waals surface area contributed by atoms with Crippen LogP contribution in [0.5, 0.6) is 0 Å². The van der Waals surface area contributed by atoms with Crippen LogP contribution in [0.2, 0.25) is 0 Å². The lowest BCUT2D eigenvalue weighted by atomic mass is 9.90. The van der Waals surface area contributed by atoms with Crippen LogP contribution in [0.4, 0.5) is 0 Å². The van der Waals surface area contributed by atoms with Crippen molar-refractivity contribution < 1.29 is 24.5 Å². The average Bonchev–Trinajstić information content (AvgIpc) is 2.89. The van der Waals surface area contributed by atoms with Crippen molar-refractivity contribution in [2.75, 3.05) is 7.11 Å². The van der Waals surface area contributed by atoms with Crippen molar-refractivity contribution in [2.45, 2.75) is 76.9 Å². The minimum Gasteiger partial charge on any atom is -0.469 e. The molecule has 148 valence electrons. The zero-order valence-corrected chi connectivity index (χ0v) is 16.1. The highest BCUT2D eigenvalue weighted by atomic mass is 16.5. The van der Waals surface area contributed by atoms with E-state index in [4.69, 9.17) is 0 Å². The number of ketones is 1. The van der Waals surface area contributed by atoms with Gasteiger partial charge in [-0.1, -0.05) is 50.5 Å². The summed E-state index contributed by atoms with van der Waals surface area (Å²) >= 11 is 0. The number of carbonyl (C=O) groups is 2. The zero-order chi connectivity index (χ0) is 19.4. The van der Waals surface area contributed by atoms with Crippen LogP contribution in [0.15, 0.2) is 24.3 Å². The number of esters is 1. The van der Waals surface area contributed by atoms with Gasteiger partial charge in [-0.3, -0.25) is 9.59 Å². The zero-order valence-electron chi connectivity index (χ0n) is 16.1. The summed E-state index contributed by atoms with van der Waals surface area (Å²) in [5.41, 5.74) is 0. The Morgan fingerprint density at radius 3 is 2.77 bits per heavy atom. The van der Waals surface area contributed by atoms with Gasteiger partial charge in [0.1, 0.15) is 5.78 Å². The Hall–Kier alpha value is -1.46. The van der Waals surface area contributed by atoms with Gasteiger partial charge in [-0.25, -0.2) is 0 Å². The predicted molar refractivity (Wildman–Crippen MR) is 102 cm³/mol. The Bertz CT molecular complexity index is 483. The minimum atomic E-state index is -0.667. The van der Waals surface area contributed by atoms with Gasteiger partial charge in [0.05, 0.1) is 19.3 Å². The first-order valence-electron chi connectivity index (χ1n) is 9.78. The molecule has 0 unspecified atom stereocenters. The smallest absolute Gasteiger partial charge is 0.305 e. The van der Waals surface area contributed by atoms with Crippen LogP contribution in [0.25, 0.3) is 0 Å². The highest BCUT2D eigenvalue weighted by molar-refractivity contribution is 5.84. The normalized spacial score (nSPS) is 24.6. The summed E-state index contributed by atoms with van der Waals surface area (Å²) in [6, 6.07) is 0. The molecule has 2 N–H and O–H groups in total. The Morgan fingerprint density at radius 1 is 1.31 bits per heavy atom. The number of aliphatic hydroxyl groups excluding tert-OH is 2. The molecule has 1 saturated carbocycles. The van der Waals surface area contributed by atoms with Gasteiger partial charge in [0, 0.05) is 24.7 Å². The van der Waals surface area contributed by atoms with E-state index in [9.17, 15) is 19.8 Å². The Kier molecular flexibility index (Phi) is 11.1. The van der Waals surface area contributed by atoms with E-state index in [2.05, 4.69) is 11.7 Å². The van der Waals surface area contributed by atoms with E-state index in [1.54, 1.807) is 6.08 Å². The third-order valence-electron chi connectivity index (χ3n) is 4.93. The lowest BCUT2D eigenvalue weighted by Gasteiger charge is -2.16. The molecular weight excluding hydrogens is 332 g/mol. The molecule has 1 aliphatic rings. The summed E-state index contributed by atoms with van der Waals surface area (Å²) in [6.45, 7) is 2.12. The molecule has 0 bridgehead atoms. The van der Waals surface area contributed by atoms with Crippen molar-refractivity contribution in [1.29, 1.82) is 0 Å². The first-order valence-corrected chi connectivity index (χ1v) is 9.78. The van der Waals surface area contributed by atoms with E-state index < -0.39 is 12.2 Å². The number of hydrogen-bond acceptors (Lipinski definition) is 5. The molecule has 0 radical (unpaired) electrons. The van der Waals surface area contributed by atoms with Gasteiger partial charge in [-0.05, 0) is 25.7 Å². The molecule has 5 heteroatoms. The quantitative estimate of drug-likeness (QED) is 0.314. The molecule has 0 saturated heterocycles. The number of unbranched alkanes of at least 4 members (excludes halogenated alkanes) is 3. The number of aliphatic hydroxyl groups is 2. The van der Waals surface area contributed by atoms with Crippen LogP contribution in [-0.2, 0) is 14.3 Å². The van der Waals surface area contributed by atoms with Gasteiger partial charge in [-0.15, -0.1) is 0 Å². The van der Waals surface area contributed by atoms with E-state index in [0.29, 0.717) is 19.3 Å². The van der Waals surface area contributed by atoms with Crippen molar-refractivity contribution in [3.8, 4) is 0 Å². The fourth-order valence-corrected chi connectivity index (χ4v) is 3.31. The topological polar surface area (TPSA) is 83.8 Å². The third-order valence-corrected chi connectivity index (χ3v) is 4.93. The van der Waals surface area contributed by atoms with Gasteiger partial charge in [-0.2, -0.15) is 0 Å². The van der Waals surface area contributed by atoms with Crippen molar-refractivity contribution in [3.05, 3.63) is 24.3 Å². The SMILES string of the molecule is CCCCC[C@H](O)/C=C\[C@H]1[C@H](O)CC(=O)[C@@H]1C/C=C\CCCC(=O)OC. The molecule has 0 aromatic heterocycles. The van der Waals surface area contributed by atoms with Crippen molar-refractivity contribution >= 4 is 11.8 Å². The van der Waals surface area contributed by atoms with Gasteiger partial charge >= 0.3 is 5.97 Å². The molecule has 1 rings (SSSR count). The minimum absolute atomic E-state index is 0.0758. The summed E-state index contributed by atoms with van der Waals surface area (Å²) < 4.78 is 4.59. The first kappa shape index (κ1) is 22.6. The molecule has 1 aliphatic carbocycles. The molecule has 0 heterocycles. The number of ether oxygens (including phenoxy) is 1. The molecule has 5 nitrogen and oxygen atoms in total. The lowest BCUT2D eigenvalue weighted by Crippen LogP contribution is -2.18. The van der Waals surface area contributed by atoms with Gasteiger partial charge in [0.2, 0.25) is 0 Å². The van der Waals surface area contributed by atoms with Gasteiger partial charge < -0.3 is 14.9 Å². The summed E-state index contributed by atoms with van der Waals surface area (Å²) in [5.74, 6) is -0.606. The second-order valence-corrected chi connectivity index (χ2v) is 7.05. The summed E-state index contributed by atoms with van der Waals surface area (Å²) in [7, 11) is 1.38. The first-order chi connectivity index (χ1) is 12.5. The maximum atomic E-state index is 12.1. The van der Waals surface area contributed by atoms with E-state index in [-0.39, 0.29) is 30.0 Å². The van der Waals surface area contributed by atoms with E-state index in [0.717, 1.165) is 32.1 Å². The number of methoxy groups -OCH3 is 1. The maximum absolute atomic E-state index is 12.1. The van der Waals surface area contributed by atoms with Crippen molar-refractivity contribution in [1.82, 2.24) is 0 Å². The van der Waals surface area contributed by atoms with Crippen molar-refractivity contribution in [3.63, 3.8) is 0 Å². The number of Topliss-reactive ketones (excluding diaryl/α,β-unsaturated/α-hetero) is 1. The predicted octanol–water partition coefficient (Wildman–Crippen LogP) is 3.34. The number of carbonyl (C=O) groups excluding carboxylic acids is 2. The van der Waals surface area contributed by atoms with Crippen LogP contribution in [-0.4, -0.2) is 41.3 Å². The molecule has 0 aromatic carbocycles. The molecule has 26 heavy (non-hydrogen) atoms. The lowest BCUT2D eigenvalue weighted by molar-refractivity contribution is -0.140. The highest BCUT2D eigenvalue weighted by Crippen LogP contribution is 2.33. The van der Waals surface area contributed by atoms with Crippen LogP contribution >= 0.6 is 0 Å². The number of rotatable bonds is 12. The summed E-state index contributed by atoms with van der Waals surface area (Å²) in [4.78, 5) is 23.2. The molecule has 0 aromatic rings. The van der Waals surface area contributed by atoms with Gasteiger partial charge in [0.15, 0.2) is 0 Å². The van der Waals surface area contributed by atoms with Gasteiger partial charge in [0.25, 0.3) is 0 Å². The largest absolute Gasteiger partial charge is 0.469 e. The Morgan fingerprint density at radius 2 is 2.08 bits per heavy atom. The van der Waals surface area contributed by atoms with Crippen LogP contribution in [0.3, 0.4) is 0 Å². The fourth-order valence-electron chi connectivity index (χ4n) is 3.31. The molecular formula is C21H34O5. The Labute approximate surface area is 157 Å². The molecule has 0 amide bonds. The number of hydrogen-bond donors (Lipinski definition) is 2. The van der Waals surface area contributed by atoms with Crippen molar-refractivity contribution in [2.24, 2.45) is 11.8 Å². The van der Waals surface area contributed by atoms with E-state index in [1.165, 1.54) is 7.11 Å². The Balaban J connectivity index is 2.46. The highest BCUT2D eigenvalue weighted by Gasteiger charge is 2.39. The summed E-state index contributed by atoms with van der Waals surface area (Å²) in [6.07, 6.45) is 12.8. The second-order valence-electron chi connectivity index (χ2n) is 7.05. The fraction of sp³-hybridized carbons (Fsp3) is 0.714. The standard InChI is InChI=1S/C21H34O5/c1-3-4-7-10-16(22)13-14-18-17(19(23)15-20(18)24)11-8-5-6-9-12-21(25)26-2/h5,8,13-14,16-18,20,22,24H,3-4,6-7,9-12,15H2,1-2H3/b8-5-,14-13-/t16-,17+,18+,20+/m0/s1. The monoisotopic (exact) mass is 366 g/mol. The average molecular weight is 366 g/mol. The van der Waals surface area contributed by atoms with Crippen LogP contribution < -0.4 is 0 Å². The third kappa shape index (κ3) is 8.28. The molecule has 0 aliphatic heterocycles. The molecule has 0 spiro atoms. The number of allylic oxidation sites excluding steroid dienone is 2. The van der Waals surface area contributed by atoms with Crippen LogP contribution in [0.1, 0.15) is 64.7 Å². The maximum Gasteiger partial charge on any atom is 0.305 e. The summed E-state index contributed by atoms with van der Waals surface area (Å²) in [5, 5.41) is 20.2. The van der Waals surface area contributed by atoms with Crippen LogP contribution in [0, 0.1) is 11.8 Å². The van der Waals surface area contributed by atoms with E-state index >= 15 is 0 Å². The molecule has 4 atom stereocenters. The van der Waals surface area contributed by atoms with E-state index in [1.807, 2.05) is 18.2 Å². The second kappa shape index (κ2) is 12.8. The molecule has 1 fully saturated rings.